The maximum absolute atomic E-state index is 5.55. The lowest BCUT2D eigenvalue weighted by Crippen LogP contribution is -2.38. The second-order valence-corrected chi connectivity index (χ2v) is 4.28. The van der Waals surface area contributed by atoms with Gasteiger partial charge in [-0.05, 0) is 26.3 Å². The van der Waals surface area contributed by atoms with Crippen molar-refractivity contribution in [3.8, 4) is 5.19 Å². The summed E-state index contributed by atoms with van der Waals surface area (Å²) in [5.74, 6) is 0.793. The summed E-state index contributed by atoms with van der Waals surface area (Å²) < 4.78 is 9.61. The summed E-state index contributed by atoms with van der Waals surface area (Å²) in [5.41, 5.74) is 0. The Morgan fingerprint density at radius 3 is 3.14 bits per heavy atom. The zero-order valence-corrected chi connectivity index (χ0v) is 9.14. The van der Waals surface area contributed by atoms with Gasteiger partial charge in [-0.3, -0.25) is 0 Å². The van der Waals surface area contributed by atoms with Crippen LogP contribution in [-0.4, -0.2) is 28.6 Å². The van der Waals surface area contributed by atoms with Crippen molar-refractivity contribution in [2.75, 3.05) is 13.2 Å². The second kappa shape index (κ2) is 4.70. The molecule has 0 saturated carbocycles. The molecule has 2 heterocycles. The van der Waals surface area contributed by atoms with E-state index >= 15 is 0 Å². The number of ether oxygens (including phenoxy) is 1. The standard InChI is InChI=1S/C9H15N3OS/c1-7-11-9(14-12-7)13-6-8-4-2-3-5-10-8/h8,10H,2-6H2,1H3. The van der Waals surface area contributed by atoms with Crippen LogP contribution in [0.15, 0.2) is 0 Å². The highest BCUT2D eigenvalue weighted by atomic mass is 32.1. The van der Waals surface area contributed by atoms with Gasteiger partial charge in [-0.15, -0.1) is 0 Å². The first-order chi connectivity index (χ1) is 6.84. The van der Waals surface area contributed by atoms with Gasteiger partial charge in [0.1, 0.15) is 12.4 Å². The smallest absolute Gasteiger partial charge is 0.293 e. The molecule has 0 aromatic carbocycles. The molecule has 1 aliphatic rings. The number of nitrogens with one attached hydrogen (secondary N) is 1. The molecule has 1 aliphatic heterocycles. The third-order valence-electron chi connectivity index (χ3n) is 2.33. The van der Waals surface area contributed by atoms with Crippen LogP contribution in [0.2, 0.25) is 0 Å². The molecule has 1 atom stereocenters. The van der Waals surface area contributed by atoms with Crippen LogP contribution in [0.3, 0.4) is 0 Å². The van der Waals surface area contributed by atoms with Gasteiger partial charge in [0, 0.05) is 17.6 Å². The van der Waals surface area contributed by atoms with Gasteiger partial charge in [-0.25, -0.2) is 0 Å². The fraction of sp³-hybridized carbons (Fsp3) is 0.778. The molecule has 5 heteroatoms. The maximum atomic E-state index is 5.55. The predicted octanol–water partition coefficient (Wildman–Crippen LogP) is 1.37. The van der Waals surface area contributed by atoms with Gasteiger partial charge in [-0.2, -0.15) is 9.36 Å². The molecule has 1 aromatic heterocycles. The summed E-state index contributed by atoms with van der Waals surface area (Å²) in [6.07, 6.45) is 3.79. The highest BCUT2D eigenvalue weighted by Crippen LogP contribution is 2.15. The molecule has 0 amide bonds. The molecule has 0 radical (unpaired) electrons. The Morgan fingerprint density at radius 1 is 1.57 bits per heavy atom. The Bertz CT molecular complexity index is 283. The normalized spacial score (nSPS) is 22.2. The summed E-state index contributed by atoms with van der Waals surface area (Å²) >= 11 is 1.33. The first kappa shape index (κ1) is 9.86. The van der Waals surface area contributed by atoms with E-state index in [4.69, 9.17) is 4.74 Å². The van der Waals surface area contributed by atoms with Crippen LogP contribution in [0.4, 0.5) is 0 Å². The lowest BCUT2D eigenvalue weighted by atomic mass is 10.1. The number of hydrogen-bond acceptors (Lipinski definition) is 5. The van der Waals surface area contributed by atoms with Crippen LogP contribution in [0.25, 0.3) is 0 Å². The fourth-order valence-electron chi connectivity index (χ4n) is 1.57. The summed E-state index contributed by atoms with van der Waals surface area (Å²) in [4.78, 5) is 4.15. The SMILES string of the molecule is Cc1nsc(OCC2CCCCN2)n1. The Balaban J connectivity index is 1.76. The van der Waals surface area contributed by atoms with Crippen molar-refractivity contribution < 1.29 is 4.74 Å². The molecule has 1 fully saturated rings. The van der Waals surface area contributed by atoms with Crippen LogP contribution < -0.4 is 10.1 Å². The lowest BCUT2D eigenvalue weighted by Gasteiger charge is -2.22. The van der Waals surface area contributed by atoms with Gasteiger partial charge >= 0.3 is 0 Å². The topological polar surface area (TPSA) is 47.0 Å². The molecule has 0 aliphatic carbocycles. The zero-order chi connectivity index (χ0) is 9.80. The van der Waals surface area contributed by atoms with Gasteiger partial charge in [-0.1, -0.05) is 6.42 Å². The summed E-state index contributed by atoms with van der Waals surface area (Å²) in [6.45, 7) is 3.71. The number of aromatic nitrogens is 2. The highest BCUT2D eigenvalue weighted by molar-refractivity contribution is 7.07. The van der Waals surface area contributed by atoms with E-state index in [1.165, 1.54) is 30.8 Å². The summed E-state index contributed by atoms with van der Waals surface area (Å²) in [5, 5.41) is 4.12. The molecule has 0 bridgehead atoms. The highest BCUT2D eigenvalue weighted by Gasteiger charge is 2.13. The Morgan fingerprint density at radius 2 is 2.50 bits per heavy atom. The Hall–Kier alpha value is -0.680. The largest absolute Gasteiger partial charge is 0.467 e. The van der Waals surface area contributed by atoms with Crippen molar-refractivity contribution in [2.24, 2.45) is 0 Å². The average Bonchev–Trinajstić information content (AvgIpc) is 2.63. The third-order valence-corrected chi connectivity index (χ3v) is 3.05. The third kappa shape index (κ3) is 2.65. The fourth-order valence-corrected chi connectivity index (χ4v) is 2.12. The number of aryl methyl sites for hydroxylation is 1. The van der Waals surface area contributed by atoms with Crippen LogP contribution in [0.5, 0.6) is 5.19 Å². The molecule has 0 spiro atoms. The minimum Gasteiger partial charge on any atom is -0.467 e. The van der Waals surface area contributed by atoms with E-state index in [9.17, 15) is 0 Å². The predicted molar refractivity (Wildman–Crippen MR) is 55.8 cm³/mol. The van der Waals surface area contributed by atoms with Gasteiger partial charge < -0.3 is 10.1 Å². The van der Waals surface area contributed by atoms with E-state index in [-0.39, 0.29) is 0 Å². The molecule has 14 heavy (non-hydrogen) atoms. The van der Waals surface area contributed by atoms with Crippen molar-refractivity contribution in [3.63, 3.8) is 0 Å². The minimum atomic E-state index is 0.493. The van der Waals surface area contributed by atoms with Gasteiger partial charge in [0.15, 0.2) is 0 Å². The Labute approximate surface area is 87.9 Å². The lowest BCUT2D eigenvalue weighted by molar-refractivity contribution is 0.238. The van der Waals surface area contributed by atoms with Crippen LogP contribution in [-0.2, 0) is 0 Å². The average molecular weight is 213 g/mol. The monoisotopic (exact) mass is 213 g/mol. The number of piperidine rings is 1. The molecule has 2 rings (SSSR count). The van der Waals surface area contributed by atoms with E-state index in [1.54, 1.807) is 0 Å². The maximum Gasteiger partial charge on any atom is 0.293 e. The molecule has 1 saturated heterocycles. The number of nitrogens with zero attached hydrogens (tertiary/aromatic N) is 2. The minimum absolute atomic E-state index is 0.493. The zero-order valence-electron chi connectivity index (χ0n) is 8.32. The van der Waals surface area contributed by atoms with Crippen LogP contribution >= 0.6 is 11.5 Å². The number of hydrogen-bond donors (Lipinski definition) is 1. The molecular weight excluding hydrogens is 198 g/mol. The van der Waals surface area contributed by atoms with Crippen molar-refractivity contribution in [1.29, 1.82) is 0 Å². The van der Waals surface area contributed by atoms with E-state index < -0.39 is 0 Å². The first-order valence-electron chi connectivity index (χ1n) is 5.01. The van der Waals surface area contributed by atoms with E-state index in [1.807, 2.05) is 6.92 Å². The van der Waals surface area contributed by atoms with Crippen molar-refractivity contribution in [2.45, 2.75) is 32.2 Å². The first-order valence-corrected chi connectivity index (χ1v) is 5.78. The van der Waals surface area contributed by atoms with E-state index in [0.717, 1.165) is 12.4 Å². The van der Waals surface area contributed by atoms with E-state index in [2.05, 4.69) is 14.7 Å². The van der Waals surface area contributed by atoms with Gasteiger partial charge in [0.25, 0.3) is 5.19 Å². The summed E-state index contributed by atoms with van der Waals surface area (Å²) in [7, 11) is 0. The molecule has 1 unspecified atom stereocenters. The van der Waals surface area contributed by atoms with Crippen molar-refractivity contribution in [3.05, 3.63) is 5.82 Å². The van der Waals surface area contributed by atoms with Crippen molar-refractivity contribution >= 4 is 11.5 Å². The molecular formula is C9H15N3OS. The van der Waals surface area contributed by atoms with Gasteiger partial charge in [0.2, 0.25) is 0 Å². The van der Waals surface area contributed by atoms with E-state index in [0.29, 0.717) is 17.8 Å². The number of rotatable bonds is 3. The molecule has 1 aromatic rings. The molecule has 1 N–H and O–H groups in total. The quantitative estimate of drug-likeness (QED) is 0.823. The molecule has 78 valence electrons. The molecule has 4 nitrogen and oxygen atoms in total. The van der Waals surface area contributed by atoms with Crippen LogP contribution in [0, 0.1) is 6.92 Å². The second-order valence-electron chi connectivity index (χ2n) is 3.57. The summed E-state index contributed by atoms with van der Waals surface area (Å²) in [6, 6.07) is 0.493. The van der Waals surface area contributed by atoms with Crippen molar-refractivity contribution in [1.82, 2.24) is 14.7 Å². The van der Waals surface area contributed by atoms with Crippen LogP contribution in [0.1, 0.15) is 25.1 Å². The van der Waals surface area contributed by atoms with Gasteiger partial charge in [0.05, 0.1) is 0 Å². The Kier molecular flexibility index (Phi) is 3.31.